The summed E-state index contributed by atoms with van der Waals surface area (Å²) < 4.78 is 25.6. The minimum absolute atomic E-state index is 0.0335. The minimum atomic E-state index is -3.08. The van der Waals surface area contributed by atoms with Crippen LogP contribution in [-0.4, -0.2) is 40.6 Å². The highest BCUT2D eigenvalue weighted by atomic mass is 35.5. The van der Waals surface area contributed by atoms with Crippen molar-refractivity contribution in [2.24, 2.45) is 0 Å². The Balaban J connectivity index is 1.42. The normalized spacial score (nSPS) is 19.7. The SMILES string of the molecule is O=C(Nc1nc(-c2ccc(Cl)cc2)cs1)c1c2c(nn1C1CCS(=O)(=O)C1)CCC2. The summed E-state index contributed by atoms with van der Waals surface area (Å²) in [6.07, 6.45) is 3.05. The van der Waals surface area contributed by atoms with Gasteiger partial charge in [-0.2, -0.15) is 5.10 Å². The molecule has 10 heteroatoms. The number of amides is 1. The van der Waals surface area contributed by atoms with Gasteiger partial charge < -0.3 is 0 Å². The number of fused-ring (bicyclic) bond motifs is 1. The van der Waals surface area contributed by atoms with E-state index >= 15 is 0 Å². The lowest BCUT2D eigenvalue weighted by Gasteiger charge is -2.14. The molecule has 1 aliphatic heterocycles. The number of nitrogens with zero attached hydrogens (tertiary/aromatic N) is 3. The monoisotopic (exact) mass is 462 g/mol. The Morgan fingerprint density at radius 1 is 1.23 bits per heavy atom. The maximum atomic E-state index is 13.2. The van der Waals surface area contributed by atoms with E-state index in [-0.39, 0.29) is 23.5 Å². The van der Waals surface area contributed by atoms with Gasteiger partial charge in [0.1, 0.15) is 5.69 Å². The molecule has 1 unspecified atom stereocenters. The number of halogens is 1. The van der Waals surface area contributed by atoms with Crippen LogP contribution in [0.3, 0.4) is 0 Å². The van der Waals surface area contributed by atoms with E-state index in [1.54, 1.807) is 16.8 Å². The summed E-state index contributed by atoms with van der Waals surface area (Å²) in [7, 11) is -3.08. The second kappa shape index (κ2) is 7.47. The van der Waals surface area contributed by atoms with Gasteiger partial charge in [-0.25, -0.2) is 13.4 Å². The van der Waals surface area contributed by atoms with Crippen molar-refractivity contribution in [3.63, 3.8) is 0 Å². The molecule has 0 saturated carbocycles. The fraction of sp³-hybridized carbons (Fsp3) is 0.350. The molecule has 1 aliphatic carbocycles. The summed E-state index contributed by atoms with van der Waals surface area (Å²) in [6, 6.07) is 7.07. The average molecular weight is 463 g/mol. The maximum absolute atomic E-state index is 13.2. The van der Waals surface area contributed by atoms with Crippen LogP contribution < -0.4 is 5.32 Å². The molecule has 1 amide bonds. The second-order valence-corrected chi connectivity index (χ2v) is 11.2. The van der Waals surface area contributed by atoms with E-state index in [0.717, 1.165) is 41.8 Å². The fourth-order valence-electron chi connectivity index (χ4n) is 4.13. The van der Waals surface area contributed by atoms with Crippen molar-refractivity contribution in [2.45, 2.75) is 31.7 Å². The largest absolute Gasteiger partial charge is 0.296 e. The van der Waals surface area contributed by atoms with Gasteiger partial charge in [-0.15, -0.1) is 11.3 Å². The maximum Gasteiger partial charge on any atom is 0.276 e. The molecule has 1 N–H and O–H groups in total. The average Bonchev–Trinajstić information content (AvgIpc) is 3.45. The van der Waals surface area contributed by atoms with Gasteiger partial charge >= 0.3 is 0 Å². The predicted octanol–water partition coefficient (Wildman–Crippen LogP) is 3.76. The van der Waals surface area contributed by atoms with E-state index in [1.807, 2.05) is 17.5 Å². The van der Waals surface area contributed by atoms with Crippen LogP contribution in [0.5, 0.6) is 0 Å². The number of sulfone groups is 1. The van der Waals surface area contributed by atoms with Crippen LogP contribution in [0.15, 0.2) is 29.6 Å². The summed E-state index contributed by atoms with van der Waals surface area (Å²) in [5.41, 5.74) is 4.00. The Morgan fingerprint density at radius 2 is 2.03 bits per heavy atom. The molecule has 0 radical (unpaired) electrons. The van der Waals surface area contributed by atoms with Crippen LogP contribution in [0.4, 0.5) is 5.13 Å². The van der Waals surface area contributed by atoms with Gasteiger partial charge in [0.05, 0.1) is 28.9 Å². The van der Waals surface area contributed by atoms with E-state index in [0.29, 0.717) is 22.3 Å². The summed E-state index contributed by atoms with van der Waals surface area (Å²) >= 11 is 7.29. The lowest BCUT2D eigenvalue weighted by atomic mass is 10.1. The van der Waals surface area contributed by atoms with Crippen molar-refractivity contribution < 1.29 is 13.2 Å². The topological polar surface area (TPSA) is 93.9 Å². The van der Waals surface area contributed by atoms with Crippen molar-refractivity contribution >= 4 is 43.8 Å². The number of benzene rings is 1. The van der Waals surface area contributed by atoms with Gasteiger partial charge in [0, 0.05) is 21.5 Å². The number of aryl methyl sites for hydroxylation is 1. The van der Waals surface area contributed by atoms with E-state index in [2.05, 4.69) is 15.4 Å². The summed E-state index contributed by atoms with van der Waals surface area (Å²) in [4.78, 5) is 17.7. The van der Waals surface area contributed by atoms with Crippen molar-refractivity contribution in [1.82, 2.24) is 14.8 Å². The lowest BCUT2D eigenvalue weighted by molar-refractivity contribution is 0.101. The fourth-order valence-corrected chi connectivity index (χ4v) is 6.66. The molecule has 0 bridgehead atoms. The Hall–Kier alpha value is -2.23. The molecular formula is C20H19ClN4O3S2. The van der Waals surface area contributed by atoms with Gasteiger partial charge in [-0.1, -0.05) is 23.7 Å². The molecule has 1 aromatic carbocycles. The van der Waals surface area contributed by atoms with Crippen molar-refractivity contribution in [1.29, 1.82) is 0 Å². The number of aromatic nitrogens is 3. The number of carbonyl (C=O) groups excluding carboxylic acids is 1. The minimum Gasteiger partial charge on any atom is -0.296 e. The van der Waals surface area contributed by atoms with Crippen LogP contribution in [0.25, 0.3) is 11.3 Å². The summed E-state index contributed by atoms with van der Waals surface area (Å²) in [5, 5.41) is 10.5. The molecule has 2 aliphatic rings. The Bertz CT molecular complexity index is 1230. The number of nitrogens with one attached hydrogen (secondary N) is 1. The first-order chi connectivity index (χ1) is 14.4. The molecule has 2 aromatic heterocycles. The van der Waals surface area contributed by atoms with Crippen molar-refractivity contribution in [2.75, 3.05) is 16.8 Å². The highest BCUT2D eigenvalue weighted by molar-refractivity contribution is 7.91. The van der Waals surface area contributed by atoms with Gasteiger partial charge in [-0.3, -0.25) is 14.8 Å². The number of anilines is 1. The van der Waals surface area contributed by atoms with Gasteiger partial charge in [0.2, 0.25) is 0 Å². The van der Waals surface area contributed by atoms with E-state index < -0.39 is 9.84 Å². The first kappa shape index (κ1) is 19.7. The number of hydrogen-bond acceptors (Lipinski definition) is 6. The highest BCUT2D eigenvalue weighted by Gasteiger charge is 2.35. The molecule has 3 aromatic rings. The number of thiazole rings is 1. The molecule has 3 heterocycles. The van der Waals surface area contributed by atoms with Crippen LogP contribution in [0, 0.1) is 0 Å². The van der Waals surface area contributed by atoms with Gasteiger partial charge in [-0.05, 0) is 37.8 Å². The molecule has 7 nitrogen and oxygen atoms in total. The van der Waals surface area contributed by atoms with Crippen LogP contribution in [-0.2, 0) is 22.7 Å². The van der Waals surface area contributed by atoms with Gasteiger partial charge in [0.15, 0.2) is 15.0 Å². The molecule has 1 saturated heterocycles. The van der Waals surface area contributed by atoms with Crippen LogP contribution >= 0.6 is 22.9 Å². The van der Waals surface area contributed by atoms with E-state index in [1.165, 1.54) is 11.3 Å². The zero-order valence-corrected chi connectivity index (χ0v) is 18.4. The van der Waals surface area contributed by atoms with Crippen LogP contribution in [0.1, 0.15) is 40.6 Å². The molecule has 1 atom stereocenters. The van der Waals surface area contributed by atoms with E-state index in [9.17, 15) is 13.2 Å². The summed E-state index contributed by atoms with van der Waals surface area (Å²) in [5.74, 6) is -0.113. The Labute approximate surface area is 183 Å². The zero-order chi connectivity index (χ0) is 20.9. The Morgan fingerprint density at radius 3 is 2.77 bits per heavy atom. The second-order valence-electron chi connectivity index (χ2n) is 7.63. The molecule has 0 spiro atoms. The predicted molar refractivity (Wildman–Crippen MR) is 117 cm³/mol. The van der Waals surface area contributed by atoms with Crippen molar-refractivity contribution in [3.8, 4) is 11.3 Å². The first-order valence-electron chi connectivity index (χ1n) is 9.73. The first-order valence-corrected chi connectivity index (χ1v) is 12.8. The number of rotatable bonds is 4. The highest BCUT2D eigenvalue weighted by Crippen LogP contribution is 2.32. The summed E-state index contributed by atoms with van der Waals surface area (Å²) in [6.45, 7) is 0. The quantitative estimate of drug-likeness (QED) is 0.637. The number of carbonyl (C=O) groups is 1. The van der Waals surface area contributed by atoms with Crippen molar-refractivity contribution in [3.05, 3.63) is 51.6 Å². The van der Waals surface area contributed by atoms with Crippen LogP contribution in [0.2, 0.25) is 5.02 Å². The standard InChI is InChI=1S/C20H19ClN4O3S2/c21-13-6-4-12(5-7-13)17-10-29-20(22-17)23-19(26)18-15-2-1-3-16(15)24-25(18)14-8-9-30(27,28)11-14/h4-7,10,14H,1-3,8-9,11H2,(H,22,23,26). The third kappa shape index (κ3) is 3.66. The lowest BCUT2D eigenvalue weighted by Crippen LogP contribution is -2.23. The van der Waals surface area contributed by atoms with Gasteiger partial charge in [0.25, 0.3) is 5.91 Å². The molecule has 30 heavy (non-hydrogen) atoms. The molecular weight excluding hydrogens is 444 g/mol. The molecule has 156 valence electrons. The Kier molecular flexibility index (Phi) is 4.91. The zero-order valence-electron chi connectivity index (χ0n) is 16.0. The third-order valence-corrected chi connectivity index (χ3v) is 8.33. The number of hydrogen-bond donors (Lipinski definition) is 1. The molecule has 1 fully saturated rings. The van der Waals surface area contributed by atoms with E-state index in [4.69, 9.17) is 11.6 Å². The third-order valence-electron chi connectivity index (χ3n) is 5.57. The smallest absolute Gasteiger partial charge is 0.276 e. The molecule has 5 rings (SSSR count).